The Morgan fingerprint density at radius 2 is 1.21 bits per heavy atom. The van der Waals surface area contributed by atoms with E-state index in [0.29, 0.717) is 28.2 Å². The van der Waals surface area contributed by atoms with Gasteiger partial charge in [0.25, 0.3) is 5.56 Å². The van der Waals surface area contributed by atoms with Crippen LogP contribution in [0.2, 0.25) is 0 Å². The van der Waals surface area contributed by atoms with Crippen molar-refractivity contribution >= 4 is 11.0 Å². The van der Waals surface area contributed by atoms with Crippen molar-refractivity contribution in [1.29, 1.82) is 0 Å². The van der Waals surface area contributed by atoms with Crippen molar-refractivity contribution in [3.63, 3.8) is 0 Å². The van der Waals surface area contributed by atoms with Gasteiger partial charge in [0, 0.05) is 19.2 Å². The second-order valence-electron chi connectivity index (χ2n) is 11.3. The molecule has 238 valence electrons. The average molecular weight is 644 g/mol. The third kappa shape index (κ3) is 5.30. The number of nitrogens with zero attached hydrogens (tertiary/aromatic N) is 5. The number of alkyl halides is 3. The third-order valence-corrected chi connectivity index (χ3v) is 8.30. The van der Waals surface area contributed by atoms with E-state index in [1.54, 1.807) is 26.1 Å². The fourth-order valence-electron chi connectivity index (χ4n) is 6.16. The molecule has 0 bridgehead atoms. The lowest BCUT2D eigenvalue weighted by Gasteiger charge is -2.37. The molecule has 7 nitrogen and oxygen atoms in total. The fourth-order valence-corrected chi connectivity index (χ4v) is 6.16. The SMILES string of the molecule is Cc1nc(Oc2ccc(C(F)(F)F)cc2)cc(-c2nn(C(c3ccccc3)(c3ccccc3)c3ccccc3)c3ccc(=O)n(C)c23)n1. The molecule has 0 spiro atoms. The van der Waals surface area contributed by atoms with E-state index in [1.807, 2.05) is 59.3 Å². The average Bonchev–Trinajstić information content (AvgIpc) is 3.48. The van der Waals surface area contributed by atoms with E-state index in [4.69, 9.17) is 14.8 Å². The van der Waals surface area contributed by atoms with Crippen LogP contribution in [0.15, 0.2) is 138 Å². The van der Waals surface area contributed by atoms with Crippen molar-refractivity contribution in [3.8, 4) is 23.0 Å². The first-order valence-electron chi connectivity index (χ1n) is 15.1. The molecule has 0 aliphatic heterocycles. The Bertz CT molecular complexity index is 2190. The van der Waals surface area contributed by atoms with E-state index >= 15 is 0 Å². The van der Waals surface area contributed by atoms with Crippen molar-refractivity contribution < 1.29 is 17.9 Å². The normalized spacial score (nSPS) is 11.9. The van der Waals surface area contributed by atoms with Gasteiger partial charge in [-0.1, -0.05) is 91.0 Å². The zero-order valence-electron chi connectivity index (χ0n) is 25.9. The molecule has 48 heavy (non-hydrogen) atoms. The number of fused-ring (bicyclic) bond motifs is 1. The largest absolute Gasteiger partial charge is 0.439 e. The topological polar surface area (TPSA) is 74.8 Å². The van der Waals surface area contributed by atoms with Gasteiger partial charge in [0.1, 0.15) is 28.5 Å². The number of benzene rings is 4. The molecule has 0 N–H and O–H groups in total. The summed E-state index contributed by atoms with van der Waals surface area (Å²) in [6.45, 7) is 1.68. The molecular weight excluding hydrogens is 615 g/mol. The van der Waals surface area contributed by atoms with Gasteiger partial charge in [0.2, 0.25) is 5.88 Å². The lowest BCUT2D eigenvalue weighted by Crippen LogP contribution is -2.38. The minimum Gasteiger partial charge on any atom is -0.439 e. The third-order valence-electron chi connectivity index (χ3n) is 8.30. The van der Waals surface area contributed by atoms with Crippen LogP contribution >= 0.6 is 0 Å². The summed E-state index contributed by atoms with van der Waals surface area (Å²) in [5.74, 6) is 0.630. The highest BCUT2D eigenvalue weighted by atomic mass is 19.4. The summed E-state index contributed by atoms with van der Waals surface area (Å²) in [5, 5.41) is 5.28. The molecule has 7 rings (SSSR count). The molecule has 0 saturated heterocycles. The quantitative estimate of drug-likeness (QED) is 0.164. The zero-order chi connectivity index (χ0) is 33.5. The first-order valence-corrected chi connectivity index (χ1v) is 15.1. The van der Waals surface area contributed by atoms with Gasteiger partial charge < -0.3 is 9.30 Å². The highest BCUT2D eigenvalue weighted by Gasteiger charge is 2.41. The van der Waals surface area contributed by atoms with Crippen LogP contribution in [0.25, 0.3) is 22.4 Å². The standard InChI is InChI=1S/C38H28F3N5O2/c1-25-42-31(24-33(43-25)48-30-20-18-29(19-21-30)38(39,40)41)35-36-32(22-23-34(47)45(36)2)46(44-35)37(26-12-6-3-7-13-26,27-14-8-4-9-15-27)28-16-10-5-11-17-28/h3-24H,1-2H3. The van der Waals surface area contributed by atoms with E-state index in [0.717, 1.165) is 28.8 Å². The molecule has 0 saturated carbocycles. The number of rotatable bonds is 7. The van der Waals surface area contributed by atoms with Crippen molar-refractivity contribution in [2.75, 3.05) is 0 Å². The first kappa shape index (κ1) is 30.6. The van der Waals surface area contributed by atoms with Gasteiger partial charge in [-0.05, 0) is 53.9 Å². The minimum atomic E-state index is -4.47. The molecule has 0 fully saturated rings. The molecule has 4 aromatic carbocycles. The Labute approximate surface area is 273 Å². The number of pyridine rings is 1. The van der Waals surface area contributed by atoms with E-state index in [2.05, 4.69) is 41.4 Å². The summed E-state index contributed by atoms with van der Waals surface area (Å²) in [4.78, 5) is 22.2. The first-order chi connectivity index (χ1) is 23.2. The molecular formula is C38H28F3N5O2. The van der Waals surface area contributed by atoms with Crippen LogP contribution in [0.5, 0.6) is 11.6 Å². The van der Waals surface area contributed by atoms with Crippen LogP contribution < -0.4 is 10.3 Å². The van der Waals surface area contributed by atoms with Crippen molar-refractivity contribution in [3.05, 3.63) is 172 Å². The van der Waals surface area contributed by atoms with Crippen molar-refractivity contribution in [2.24, 2.45) is 7.05 Å². The maximum absolute atomic E-state index is 13.1. The van der Waals surface area contributed by atoms with E-state index in [1.165, 1.54) is 22.8 Å². The number of aromatic nitrogens is 5. The number of hydrogen-bond donors (Lipinski definition) is 0. The summed E-state index contributed by atoms with van der Waals surface area (Å²) in [7, 11) is 1.68. The van der Waals surface area contributed by atoms with Gasteiger partial charge in [-0.15, -0.1) is 0 Å². The maximum atomic E-state index is 13.1. The number of aryl methyl sites for hydroxylation is 2. The Morgan fingerprint density at radius 3 is 1.73 bits per heavy atom. The molecule has 0 radical (unpaired) electrons. The summed E-state index contributed by atoms with van der Waals surface area (Å²) in [6.07, 6.45) is -4.47. The summed E-state index contributed by atoms with van der Waals surface area (Å²) >= 11 is 0. The van der Waals surface area contributed by atoms with Crippen molar-refractivity contribution in [1.82, 2.24) is 24.3 Å². The molecule has 0 atom stereocenters. The Kier molecular flexibility index (Phi) is 7.63. The second kappa shape index (κ2) is 12.0. The van der Waals surface area contributed by atoms with E-state index in [-0.39, 0.29) is 17.2 Å². The second-order valence-corrected chi connectivity index (χ2v) is 11.3. The van der Waals surface area contributed by atoms with Crippen molar-refractivity contribution in [2.45, 2.75) is 18.6 Å². The van der Waals surface area contributed by atoms with Gasteiger partial charge in [0.15, 0.2) is 0 Å². The van der Waals surface area contributed by atoms with Gasteiger partial charge in [-0.25, -0.2) is 9.67 Å². The molecule has 0 unspecified atom stereocenters. The van der Waals surface area contributed by atoms with Crippen LogP contribution in [0.3, 0.4) is 0 Å². The van der Waals surface area contributed by atoms with Gasteiger partial charge in [-0.2, -0.15) is 23.3 Å². The Morgan fingerprint density at radius 1 is 0.667 bits per heavy atom. The van der Waals surface area contributed by atoms with Crippen LogP contribution in [0.1, 0.15) is 28.1 Å². The van der Waals surface area contributed by atoms with Gasteiger partial charge >= 0.3 is 6.18 Å². The number of hydrogen-bond acceptors (Lipinski definition) is 5. The fraction of sp³-hybridized carbons (Fsp3) is 0.105. The molecule has 10 heteroatoms. The number of ether oxygens (including phenoxy) is 1. The maximum Gasteiger partial charge on any atom is 0.416 e. The predicted molar refractivity (Wildman–Crippen MR) is 177 cm³/mol. The predicted octanol–water partition coefficient (Wildman–Crippen LogP) is 8.15. The molecule has 3 aromatic heterocycles. The highest BCUT2D eigenvalue weighted by molar-refractivity contribution is 5.90. The Hall–Kier alpha value is -6.03. The molecule has 0 amide bonds. The Balaban J connectivity index is 1.49. The molecule has 0 aliphatic rings. The monoisotopic (exact) mass is 643 g/mol. The smallest absolute Gasteiger partial charge is 0.416 e. The summed E-state index contributed by atoms with van der Waals surface area (Å²) in [5.41, 5.74) is 2.80. The van der Waals surface area contributed by atoms with Gasteiger partial charge in [0.05, 0.1) is 16.6 Å². The van der Waals surface area contributed by atoms with E-state index < -0.39 is 17.3 Å². The molecule has 3 heterocycles. The van der Waals surface area contributed by atoms with Crippen LogP contribution in [0.4, 0.5) is 13.2 Å². The van der Waals surface area contributed by atoms with Crippen LogP contribution in [0, 0.1) is 6.92 Å². The summed E-state index contributed by atoms with van der Waals surface area (Å²) in [6, 6.07) is 39.3. The van der Waals surface area contributed by atoms with Crippen LogP contribution in [-0.2, 0) is 18.8 Å². The summed E-state index contributed by atoms with van der Waals surface area (Å²) < 4.78 is 48.8. The number of halogens is 3. The lowest BCUT2D eigenvalue weighted by molar-refractivity contribution is -0.137. The zero-order valence-corrected chi connectivity index (χ0v) is 25.9. The minimum absolute atomic E-state index is 0.112. The highest BCUT2D eigenvalue weighted by Crippen LogP contribution is 2.43. The van der Waals surface area contributed by atoms with E-state index in [9.17, 15) is 18.0 Å². The van der Waals surface area contributed by atoms with Crippen LogP contribution in [-0.4, -0.2) is 24.3 Å². The molecule has 7 aromatic rings. The lowest BCUT2D eigenvalue weighted by atomic mass is 9.77. The van der Waals surface area contributed by atoms with Gasteiger partial charge in [-0.3, -0.25) is 4.79 Å². The molecule has 0 aliphatic carbocycles.